The molecular weight excluding hydrogens is 270 g/mol. The lowest BCUT2D eigenvalue weighted by Crippen LogP contribution is -2.11. The van der Waals surface area contributed by atoms with E-state index in [2.05, 4.69) is 50.4 Å². The molecule has 0 heterocycles. The van der Waals surface area contributed by atoms with Crippen molar-refractivity contribution >= 4 is 5.69 Å². The van der Waals surface area contributed by atoms with E-state index < -0.39 is 0 Å². The van der Waals surface area contributed by atoms with Gasteiger partial charge >= 0.3 is 0 Å². The fourth-order valence-electron chi connectivity index (χ4n) is 2.25. The summed E-state index contributed by atoms with van der Waals surface area (Å²) in [5.74, 6) is 0.952. The maximum Gasteiger partial charge on any atom is 0.119 e. The number of nitrogens with one attached hydrogen (secondary N) is 1. The van der Waals surface area contributed by atoms with Crippen LogP contribution in [0.1, 0.15) is 39.2 Å². The van der Waals surface area contributed by atoms with E-state index in [9.17, 15) is 0 Å². The monoisotopic (exact) mass is 297 g/mol. The molecule has 118 valence electrons. The number of ether oxygens (including phenoxy) is 1. The number of benzene rings is 2. The largest absolute Gasteiger partial charge is 0.494 e. The van der Waals surface area contributed by atoms with Crippen molar-refractivity contribution in [3.63, 3.8) is 0 Å². The first-order chi connectivity index (χ1) is 10.6. The van der Waals surface area contributed by atoms with Crippen molar-refractivity contribution in [1.82, 2.24) is 0 Å². The number of anilines is 1. The first-order valence-corrected chi connectivity index (χ1v) is 8.08. The second-order valence-corrected chi connectivity index (χ2v) is 6.62. The van der Waals surface area contributed by atoms with E-state index in [1.54, 1.807) is 0 Å². The van der Waals surface area contributed by atoms with Crippen LogP contribution in [0.5, 0.6) is 5.75 Å². The molecule has 0 amide bonds. The normalized spacial score (nSPS) is 11.2. The Labute approximate surface area is 134 Å². The third-order valence-electron chi connectivity index (χ3n) is 3.66. The number of para-hydroxylation sites is 1. The number of hydrogen-bond acceptors (Lipinski definition) is 2. The van der Waals surface area contributed by atoms with Gasteiger partial charge in [-0.2, -0.15) is 0 Å². The van der Waals surface area contributed by atoms with Crippen LogP contribution in [-0.4, -0.2) is 13.2 Å². The number of rotatable bonds is 7. The Morgan fingerprint density at radius 1 is 0.864 bits per heavy atom. The van der Waals surface area contributed by atoms with Crippen molar-refractivity contribution in [1.29, 1.82) is 0 Å². The molecule has 0 unspecified atom stereocenters. The molecule has 0 aliphatic rings. The van der Waals surface area contributed by atoms with Gasteiger partial charge in [0.25, 0.3) is 0 Å². The quantitative estimate of drug-likeness (QED) is 0.704. The molecule has 2 aromatic rings. The SMILES string of the molecule is CC(C)(C)c1ccc(NCCCCOc2ccccc2)cc1. The second kappa shape index (κ2) is 7.88. The van der Waals surface area contributed by atoms with Gasteiger partial charge in [0.05, 0.1) is 6.61 Å². The van der Waals surface area contributed by atoms with Crippen molar-refractivity contribution < 1.29 is 4.74 Å². The summed E-state index contributed by atoms with van der Waals surface area (Å²) in [4.78, 5) is 0. The highest BCUT2D eigenvalue weighted by molar-refractivity contribution is 5.45. The molecule has 0 radical (unpaired) electrons. The van der Waals surface area contributed by atoms with Gasteiger partial charge in [0, 0.05) is 12.2 Å². The molecule has 2 nitrogen and oxygen atoms in total. The molecule has 2 aromatic carbocycles. The van der Waals surface area contributed by atoms with E-state index in [1.165, 1.54) is 11.3 Å². The maximum absolute atomic E-state index is 5.68. The highest BCUT2D eigenvalue weighted by atomic mass is 16.5. The molecule has 0 spiro atoms. The van der Waals surface area contributed by atoms with E-state index in [4.69, 9.17) is 4.74 Å². The zero-order chi connectivity index (χ0) is 15.8. The molecule has 0 saturated carbocycles. The van der Waals surface area contributed by atoms with Crippen molar-refractivity contribution in [2.75, 3.05) is 18.5 Å². The van der Waals surface area contributed by atoms with Crippen LogP contribution in [0.25, 0.3) is 0 Å². The average molecular weight is 297 g/mol. The molecular formula is C20H27NO. The number of unbranched alkanes of at least 4 members (excludes halogenated alkanes) is 1. The first-order valence-electron chi connectivity index (χ1n) is 8.08. The fraction of sp³-hybridized carbons (Fsp3) is 0.400. The van der Waals surface area contributed by atoms with Crippen molar-refractivity contribution in [2.24, 2.45) is 0 Å². The molecule has 2 rings (SSSR count). The second-order valence-electron chi connectivity index (χ2n) is 6.62. The van der Waals surface area contributed by atoms with Gasteiger partial charge in [-0.15, -0.1) is 0 Å². The summed E-state index contributed by atoms with van der Waals surface area (Å²) in [5.41, 5.74) is 2.78. The Morgan fingerprint density at radius 3 is 2.18 bits per heavy atom. The third kappa shape index (κ3) is 5.44. The van der Waals surface area contributed by atoms with Crippen molar-refractivity contribution in [2.45, 2.75) is 39.0 Å². The molecule has 0 bridgehead atoms. The Kier molecular flexibility index (Phi) is 5.88. The van der Waals surface area contributed by atoms with Gasteiger partial charge < -0.3 is 10.1 Å². The highest BCUT2D eigenvalue weighted by Gasteiger charge is 2.12. The van der Waals surface area contributed by atoms with Crippen LogP contribution in [0.2, 0.25) is 0 Å². The minimum absolute atomic E-state index is 0.216. The Hall–Kier alpha value is -1.96. The van der Waals surface area contributed by atoms with Gasteiger partial charge in [0.1, 0.15) is 5.75 Å². The summed E-state index contributed by atoms with van der Waals surface area (Å²) < 4.78 is 5.68. The van der Waals surface area contributed by atoms with Crippen molar-refractivity contribution in [3.8, 4) is 5.75 Å². The predicted octanol–water partition coefficient (Wildman–Crippen LogP) is 5.26. The highest BCUT2D eigenvalue weighted by Crippen LogP contribution is 2.23. The van der Waals surface area contributed by atoms with Crippen LogP contribution in [0.4, 0.5) is 5.69 Å². The maximum atomic E-state index is 5.68. The van der Waals surface area contributed by atoms with Crippen LogP contribution in [0, 0.1) is 0 Å². The minimum Gasteiger partial charge on any atom is -0.494 e. The molecule has 0 aliphatic carbocycles. The van der Waals surface area contributed by atoms with Gasteiger partial charge in [-0.05, 0) is 48.1 Å². The molecule has 0 saturated heterocycles. The van der Waals surface area contributed by atoms with E-state index in [0.717, 1.165) is 31.7 Å². The van der Waals surface area contributed by atoms with Gasteiger partial charge in [-0.3, -0.25) is 0 Å². The molecule has 0 aromatic heterocycles. The summed E-state index contributed by atoms with van der Waals surface area (Å²) in [5, 5.41) is 3.47. The number of hydrogen-bond donors (Lipinski definition) is 1. The Morgan fingerprint density at radius 2 is 1.55 bits per heavy atom. The van der Waals surface area contributed by atoms with Gasteiger partial charge in [-0.25, -0.2) is 0 Å². The molecule has 0 aliphatic heterocycles. The summed E-state index contributed by atoms with van der Waals surface area (Å²) in [6.45, 7) is 8.47. The van der Waals surface area contributed by atoms with Gasteiger partial charge in [-0.1, -0.05) is 51.1 Å². The van der Waals surface area contributed by atoms with Crippen LogP contribution >= 0.6 is 0 Å². The van der Waals surface area contributed by atoms with Crippen molar-refractivity contribution in [3.05, 3.63) is 60.2 Å². The van der Waals surface area contributed by atoms with E-state index in [0.29, 0.717) is 0 Å². The van der Waals surface area contributed by atoms with E-state index in [-0.39, 0.29) is 5.41 Å². The minimum atomic E-state index is 0.216. The smallest absolute Gasteiger partial charge is 0.119 e. The Bertz CT molecular complexity index is 540. The lowest BCUT2D eigenvalue weighted by molar-refractivity contribution is 0.308. The summed E-state index contributed by atoms with van der Waals surface area (Å²) in [7, 11) is 0. The zero-order valence-electron chi connectivity index (χ0n) is 13.9. The van der Waals surface area contributed by atoms with Crippen LogP contribution in [0.15, 0.2) is 54.6 Å². The van der Waals surface area contributed by atoms with Gasteiger partial charge in [0.15, 0.2) is 0 Å². The van der Waals surface area contributed by atoms with Gasteiger partial charge in [0.2, 0.25) is 0 Å². The Balaban J connectivity index is 1.62. The zero-order valence-corrected chi connectivity index (χ0v) is 13.9. The van der Waals surface area contributed by atoms with Crippen LogP contribution < -0.4 is 10.1 Å². The van der Waals surface area contributed by atoms with E-state index >= 15 is 0 Å². The lowest BCUT2D eigenvalue weighted by atomic mass is 9.87. The van der Waals surface area contributed by atoms with Crippen LogP contribution in [-0.2, 0) is 5.41 Å². The van der Waals surface area contributed by atoms with Crippen LogP contribution in [0.3, 0.4) is 0 Å². The predicted molar refractivity (Wildman–Crippen MR) is 94.8 cm³/mol. The molecule has 1 N–H and O–H groups in total. The molecule has 2 heteroatoms. The summed E-state index contributed by atoms with van der Waals surface area (Å²) >= 11 is 0. The third-order valence-corrected chi connectivity index (χ3v) is 3.66. The average Bonchev–Trinajstić information content (AvgIpc) is 2.51. The summed E-state index contributed by atoms with van der Waals surface area (Å²) in [6.07, 6.45) is 2.16. The summed E-state index contributed by atoms with van der Waals surface area (Å²) in [6, 6.07) is 18.7. The first kappa shape index (κ1) is 16.4. The molecule has 0 atom stereocenters. The van der Waals surface area contributed by atoms with E-state index in [1.807, 2.05) is 30.3 Å². The molecule has 0 fully saturated rings. The fourth-order valence-corrected chi connectivity index (χ4v) is 2.25. The molecule has 22 heavy (non-hydrogen) atoms. The topological polar surface area (TPSA) is 21.3 Å². The standard InChI is InChI=1S/C20H27NO/c1-20(2,3)17-11-13-18(14-12-17)21-15-7-8-16-22-19-9-5-4-6-10-19/h4-6,9-14,21H,7-8,15-16H2,1-3H3. The lowest BCUT2D eigenvalue weighted by Gasteiger charge is -2.19.